The Balaban J connectivity index is 2.30. The third kappa shape index (κ3) is 5.20. The Labute approximate surface area is 207 Å². The van der Waals surface area contributed by atoms with Gasteiger partial charge in [-0.05, 0) is 43.2 Å². The first-order valence-electron chi connectivity index (χ1n) is 10.3. The normalized spacial score (nSPS) is 18.7. The summed E-state index contributed by atoms with van der Waals surface area (Å²) in [5, 5.41) is -2.34. The molecule has 1 atom stereocenters. The topological polar surface area (TPSA) is 98.8 Å². The number of rotatable bonds is 10. The maximum absolute atomic E-state index is 14.4. The molecule has 0 fully saturated rings. The van der Waals surface area contributed by atoms with Crippen molar-refractivity contribution < 1.29 is 26.8 Å². The number of carbonyl (C=O) groups is 1. The fraction of sp³-hybridized carbons (Fsp3) is 0.318. The molecule has 0 spiro atoms. The van der Waals surface area contributed by atoms with Crippen LogP contribution in [0.4, 0.5) is 0 Å². The molecule has 1 unspecified atom stereocenters. The summed E-state index contributed by atoms with van der Waals surface area (Å²) in [6.07, 6.45) is 2.15. The largest absolute Gasteiger partial charge is 0.360 e. The van der Waals surface area contributed by atoms with Gasteiger partial charge in [-0.1, -0.05) is 65.6 Å². The molecule has 0 saturated heterocycles. The average molecular weight is 577 g/mol. The van der Waals surface area contributed by atoms with E-state index in [0.29, 0.717) is 17.3 Å². The van der Waals surface area contributed by atoms with Gasteiger partial charge in [0.05, 0.1) is 23.1 Å². The van der Waals surface area contributed by atoms with Crippen molar-refractivity contribution in [3.8, 4) is 0 Å². The lowest BCUT2D eigenvalue weighted by Gasteiger charge is -2.40. The number of fused-ring (bicyclic) bond motifs is 1. The number of benzene rings is 2. The second-order valence-electron chi connectivity index (χ2n) is 7.36. The molecule has 1 N–H and O–H groups in total. The molecule has 1 aliphatic carbocycles. The molecule has 1 aliphatic rings. The van der Waals surface area contributed by atoms with Crippen molar-refractivity contribution in [1.82, 2.24) is 4.72 Å². The molecular formula is C22H24BrClNO6PS. The van der Waals surface area contributed by atoms with Gasteiger partial charge in [0, 0.05) is 15.6 Å². The first kappa shape index (κ1) is 26.3. The molecule has 0 bridgehead atoms. The van der Waals surface area contributed by atoms with Crippen molar-refractivity contribution in [3.63, 3.8) is 0 Å². The Morgan fingerprint density at radius 1 is 1.03 bits per heavy atom. The zero-order valence-electron chi connectivity index (χ0n) is 18.1. The van der Waals surface area contributed by atoms with Gasteiger partial charge in [-0.15, -0.1) is 0 Å². The van der Waals surface area contributed by atoms with E-state index in [2.05, 4.69) is 20.7 Å². The van der Waals surface area contributed by atoms with E-state index in [1.54, 1.807) is 24.3 Å². The van der Waals surface area contributed by atoms with Crippen LogP contribution in [0.3, 0.4) is 0 Å². The smallest absolute Gasteiger partial charge is 0.307 e. The van der Waals surface area contributed by atoms with E-state index in [4.69, 9.17) is 20.6 Å². The van der Waals surface area contributed by atoms with Crippen LogP contribution in [-0.2, 0) is 28.9 Å². The van der Waals surface area contributed by atoms with Gasteiger partial charge in [0.25, 0.3) is 0 Å². The molecule has 2 aromatic carbocycles. The first-order chi connectivity index (χ1) is 15.6. The summed E-state index contributed by atoms with van der Waals surface area (Å²) in [6.45, 7) is 3.74. The van der Waals surface area contributed by atoms with Crippen LogP contribution in [0.2, 0.25) is 0 Å². The van der Waals surface area contributed by atoms with Gasteiger partial charge < -0.3 is 9.05 Å². The summed E-state index contributed by atoms with van der Waals surface area (Å²) in [5.41, 5.74) is 0.263. The van der Waals surface area contributed by atoms with Crippen molar-refractivity contribution in [2.45, 2.75) is 36.9 Å². The highest BCUT2D eigenvalue weighted by Crippen LogP contribution is 2.66. The Morgan fingerprint density at radius 2 is 1.61 bits per heavy atom. The van der Waals surface area contributed by atoms with Gasteiger partial charge in [-0.2, -0.15) is 4.72 Å². The Hall–Kier alpha value is -1.32. The minimum atomic E-state index is -4.29. The average Bonchev–Trinajstić information content (AvgIpc) is 2.79. The lowest BCUT2D eigenvalue weighted by Crippen LogP contribution is -2.47. The van der Waals surface area contributed by atoms with Gasteiger partial charge in [0.2, 0.25) is 15.8 Å². The number of hydrogen-bond donors (Lipinski definition) is 1. The summed E-state index contributed by atoms with van der Waals surface area (Å²) in [6, 6.07) is 12.2. The molecule has 7 nitrogen and oxygen atoms in total. The Bertz CT molecular complexity index is 1210. The quantitative estimate of drug-likeness (QED) is 0.351. The number of sulfonamides is 1. The number of hydrogen-bond acceptors (Lipinski definition) is 6. The molecule has 2 aromatic rings. The van der Waals surface area contributed by atoms with Gasteiger partial charge in [0.15, 0.2) is 5.28 Å². The van der Waals surface area contributed by atoms with Crippen molar-refractivity contribution in [2.24, 2.45) is 0 Å². The van der Waals surface area contributed by atoms with Gasteiger partial charge in [0.1, 0.15) is 0 Å². The van der Waals surface area contributed by atoms with Gasteiger partial charge in [-0.25, -0.2) is 8.42 Å². The van der Waals surface area contributed by atoms with E-state index in [-0.39, 0.29) is 34.3 Å². The number of nitrogens with one attached hydrogen (secondary N) is 1. The summed E-state index contributed by atoms with van der Waals surface area (Å²) < 4.78 is 56.1. The second-order valence-corrected chi connectivity index (χ2v) is 12.6. The highest BCUT2D eigenvalue weighted by atomic mass is 79.9. The standard InChI is InChI=1S/C22H24BrClNO6PS/c1-3-13-30-32(27,31-14-4-2)22(25-33(28,29)17-11-9-16(23)10-12-17)15-20(24)21(26)18-7-5-6-8-19(18)22/h5-12,15,25H,3-4,13-14H2,1-2H3. The third-order valence-corrected chi connectivity index (χ3v) is 9.75. The maximum Gasteiger partial charge on any atom is 0.360 e. The van der Waals surface area contributed by atoms with Crippen molar-refractivity contribution in [3.05, 3.63) is 75.2 Å². The van der Waals surface area contributed by atoms with E-state index in [1.165, 1.54) is 24.3 Å². The first-order valence-corrected chi connectivity index (χ1v) is 14.5. The Morgan fingerprint density at radius 3 is 2.18 bits per heavy atom. The number of ketones is 1. The summed E-state index contributed by atoms with van der Waals surface area (Å²) in [4.78, 5) is 12.7. The maximum atomic E-state index is 14.4. The van der Waals surface area contributed by atoms with E-state index in [1.807, 2.05) is 13.8 Å². The molecule has 0 aliphatic heterocycles. The minimum absolute atomic E-state index is 0.0460. The Kier molecular flexibility index (Phi) is 8.38. The predicted octanol–water partition coefficient (Wildman–Crippen LogP) is 5.95. The molecule has 3 rings (SSSR count). The zero-order chi connectivity index (χ0) is 24.3. The molecule has 0 radical (unpaired) electrons. The summed E-state index contributed by atoms with van der Waals surface area (Å²) in [7, 11) is -8.56. The fourth-order valence-electron chi connectivity index (χ4n) is 3.38. The molecule has 33 heavy (non-hydrogen) atoms. The van der Waals surface area contributed by atoms with Gasteiger partial charge in [-0.3, -0.25) is 9.36 Å². The lowest BCUT2D eigenvalue weighted by atomic mass is 9.92. The van der Waals surface area contributed by atoms with Crippen LogP contribution < -0.4 is 4.72 Å². The van der Waals surface area contributed by atoms with Crippen molar-refractivity contribution in [1.29, 1.82) is 0 Å². The zero-order valence-corrected chi connectivity index (χ0v) is 22.1. The fourth-order valence-corrected chi connectivity index (χ4v) is 8.09. The molecule has 0 aromatic heterocycles. The molecule has 11 heteroatoms. The van der Waals surface area contributed by atoms with Crippen molar-refractivity contribution in [2.75, 3.05) is 13.2 Å². The van der Waals surface area contributed by atoms with Gasteiger partial charge >= 0.3 is 7.60 Å². The van der Waals surface area contributed by atoms with E-state index in [9.17, 15) is 17.8 Å². The summed E-state index contributed by atoms with van der Waals surface area (Å²) in [5.74, 6) is -0.511. The van der Waals surface area contributed by atoms with Crippen LogP contribution >= 0.6 is 35.1 Å². The summed E-state index contributed by atoms with van der Waals surface area (Å²) >= 11 is 9.57. The number of carbonyl (C=O) groups excluding carboxylic acids is 1. The monoisotopic (exact) mass is 575 g/mol. The molecule has 0 amide bonds. The number of allylic oxidation sites excluding steroid dienone is 1. The van der Waals surface area contributed by atoms with Crippen LogP contribution in [0.15, 0.2) is 69.0 Å². The second kappa shape index (κ2) is 10.5. The van der Waals surface area contributed by atoms with Crippen LogP contribution in [0.1, 0.15) is 42.6 Å². The number of Topliss-reactive ketones (excluding diaryl/α,β-unsaturated/α-hetero) is 1. The molecule has 0 heterocycles. The highest BCUT2D eigenvalue weighted by Gasteiger charge is 2.57. The molecular weight excluding hydrogens is 553 g/mol. The number of halogens is 2. The lowest BCUT2D eigenvalue weighted by molar-refractivity contribution is 0.103. The highest BCUT2D eigenvalue weighted by molar-refractivity contribution is 9.10. The van der Waals surface area contributed by atoms with Crippen LogP contribution in [0.5, 0.6) is 0 Å². The van der Waals surface area contributed by atoms with E-state index < -0.39 is 28.7 Å². The minimum Gasteiger partial charge on any atom is -0.307 e. The third-order valence-electron chi connectivity index (χ3n) is 4.91. The predicted molar refractivity (Wildman–Crippen MR) is 131 cm³/mol. The van der Waals surface area contributed by atoms with Crippen LogP contribution in [-0.4, -0.2) is 27.4 Å². The SMILES string of the molecule is CCCOP(=O)(OCCC)C1(NS(=O)(=O)c2ccc(Br)cc2)C=C(Cl)C(=O)c2ccccc21. The van der Waals surface area contributed by atoms with Crippen LogP contribution in [0, 0.1) is 0 Å². The van der Waals surface area contributed by atoms with Crippen LogP contribution in [0.25, 0.3) is 0 Å². The van der Waals surface area contributed by atoms with E-state index >= 15 is 0 Å². The molecule has 0 saturated carbocycles. The van der Waals surface area contributed by atoms with E-state index in [0.717, 1.165) is 6.08 Å². The molecule has 178 valence electrons. The van der Waals surface area contributed by atoms with Crippen molar-refractivity contribution >= 4 is 50.9 Å².